The fraction of sp³-hybridized carbons (Fsp3) is 0.211. The second-order valence-electron chi connectivity index (χ2n) is 5.17. The van der Waals surface area contributed by atoms with Crippen LogP contribution in [0.1, 0.15) is 13.8 Å². The number of hydrogen-bond donors (Lipinski definition) is 4. The Hall–Kier alpha value is -3.39. The molecule has 0 bridgehead atoms. The number of aliphatic carboxylic acids is 3. The van der Waals surface area contributed by atoms with Crippen LogP contribution in [0.2, 0.25) is 0 Å². The Morgan fingerprint density at radius 1 is 0.963 bits per heavy atom. The van der Waals surface area contributed by atoms with Gasteiger partial charge in [-0.2, -0.15) is 0 Å². The van der Waals surface area contributed by atoms with Crippen LogP contribution in [0.5, 0.6) is 5.75 Å². The van der Waals surface area contributed by atoms with Gasteiger partial charge in [-0.3, -0.25) is 4.79 Å². The van der Waals surface area contributed by atoms with E-state index in [0.717, 1.165) is 23.4 Å². The average Bonchev–Trinajstić information content (AvgIpc) is 2.58. The van der Waals surface area contributed by atoms with Gasteiger partial charge >= 0.3 is 11.9 Å². The molecular weight excluding hydrogens is 356 g/mol. The van der Waals surface area contributed by atoms with Crippen molar-refractivity contribution in [1.82, 2.24) is 0 Å². The molecule has 0 aliphatic carbocycles. The van der Waals surface area contributed by atoms with Crippen LogP contribution in [-0.2, 0) is 14.4 Å². The van der Waals surface area contributed by atoms with Gasteiger partial charge in [-0.25, -0.2) is 9.59 Å². The summed E-state index contributed by atoms with van der Waals surface area (Å²) >= 11 is 0. The van der Waals surface area contributed by atoms with Crippen LogP contribution in [-0.4, -0.2) is 51.0 Å². The van der Waals surface area contributed by atoms with Crippen LogP contribution < -0.4 is 4.74 Å². The second-order valence-corrected chi connectivity index (χ2v) is 5.17. The van der Waals surface area contributed by atoms with Gasteiger partial charge in [-0.1, -0.05) is 36.4 Å². The lowest BCUT2D eigenvalue weighted by Gasteiger charge is -2.10. The van der Waals surface area contributed by atoms with E-state index < -0.39 is 24.0 Å². The van der Waals surface area contributed by atoms with Crippen LogP contribution in [0.15, 0.2) is 54.6 Å². The van der Waals surface area contributed by atoms with Gasteiger partial charge in [0.2, 0.25) is 0 Å². The maximum absolute atomic E-state index is 9.55. The fourth-order valence-electron chi connectivity index (χ4n) is 1.67. The molecule has 146 valence electrons. The van der Waals surface area contributed by atoms with E-state index >= 15 is 0 Å². The predicted octanol–water partition coefficient (Wildman–Crippen LogP) is 2.40. The molecule has 2 rings (SSSR count). The third-order valence-corrected chi connectivity index (χ3v) is 2.60. The number of aliphatic hydroxyl groups excluding tert-OH is 1. The number of benzene rings is 2. The van der Waals surface area contributed by atoms with Crippen molar-refractivity contribution in [2.75, 3.05) is 6.61 Å². The van der Waals surface area contributed by atoms with Crippen LogP contribution in [0.4, 0.5) is 0 Å². The molecule has 4 N–H and O–H groups in total. The zero-order valence-corrected chi connectivity index (χ0v) is 14.9. The molecule has 0 heterocycles. The highest BCUT2D eigenvalue weighted by Gasteiger charge is 2.02. The molecule has 0 aliphatic heterocycles. The van der Waals surface area contributed by atoms with E-state index in [2.05, 4.69) is 0 Å². The van der Waals surface area contributed by atoms with E-state index in [-0.39, 0.29) is 0 Å². The van der Waals surface area contributed by atoms with Crippen molar-refractivity contribution >= 4 is 28.7 Å². The number of rotatable bonds is 5. The van der Waals surface area contributed by atoms with E-state index in [1.165, 1.54) is 0 Å². The maximum Gasteiger partial charge on any atom is 0.328 e. The first kappa shape index (κ1) is 23.6. The van der Waals surface area contributed by atoms with E-state index in [1.807, 2.05) is 42.5 Å². The Labute approximate surface area is 155 Å². The Kier molecular flexibility index (Phi) is 11.3. The second kappa shape index (κ2) is 12.9. The van der Waals surface area contributed by atoms with Gasteiger partial charge in [0.05, 0.1) is 6.10 Å². The standard InChI is InChI=1S/C13H14O2.C4H4O4.C2H4O2/c1-10(14)9-15-13-8-4-6-11-5-2-3-7-12(11)13;5-3(6)1-2-4(7)8;1-2(3)4/h2-8,10,14H,9H2,1H3;1-2H,(H,5,6)(H,7,8);1H3,(H,3,4). The zero-order chi connectivity index (χ0) is 20.8. The highest BCUT2D eigenvalue weighted by molar-refractivity contribution is 5.89. The minimum absolute atomic E-state index is 0.327. The molecule has 8 nitrogen and oxygen atoms in total. The summed E-state index contributed by atoms with van der Waals surface area (Å²) in [5.41, 5.74) is 0. The molecule has 27 heavy (non-hydrogen) atoms. The van der Waals surface area contributed by atoms with Crippen molar-refractivity contribution in [2.45, 2.75) is 20.0 Å². The first-order valence-electron chi connectivity index (χ1n) is 7.75. The Morgan fingerprint density at radius 3 is 1.93 bits per heavy atom. The zero-order valence-electron chi connectivity index (χ0n) is 14.9. The molecule has 0 fully saturated rings. The summed E-state index contributed by atoms with van der Waals surface area (Å²) in [5, 5.41) is 34.4. The molecule has 0 amide bonds. The van der Waals surface area contributed by atoms with Crippen molar-refractivity contribution in [2.24, 2.45) is 0 Å². The van der Waals surface area contributed by atoms with Gasteiger partial charge in [-0.05, 0) is 18.4 Å². The summed E-state index contributed by atoms with van der Waals surface area (Å²) in [6.45, 7) is 3.12. The molecule has 0 aromatic heterocycles. The van der Waals surface area contributed by atoms with Crippen LogP contribution in [0, 0.1) is 0 Å². The van der Waals surface area contributed by atoms with Crippen molar-refractivity contribution in [1.29, 1.82) is 0 Å². The molecule has 2 aromatic rings. The summed E-state index contributed by atoms with van der Waals surface area (Å²) in [4.78, 5) is 28.1. The number of ether oxygens (including phenoxy) is 1. The summed E-state index contributed by atoms with van der Waals surface area (Å²) in [6, 6.07) is 14.0. The monoisotopic (exact) mass is 378 g/mol. The number of carboxylic acids is 3. The lowest BCUT2D eigenvalue weighted by Crippen LogP contribution is -2.12. The molecule has 1 atom stereocenters. The van der Waals surface area contributed by atoms with Crippen molar-refractivity contribution < 1.29 is 39.5 Å². The number of carbonyl (C=O) groups is 3. The van der Waals surface area contributed by atoms with Crippen molar-refractivity contribution in [3.05, 3.63) is 54.6 Å². The Balaban J connectivity index is 0.000000476. The lowest BCUT2D eigenvalue weighted by atomic mass is 10.1. The molecule has 0 saturated heterocycles. The molecule has 0 aliphatic rings. The van der Waals surface area contributed by atoms with E-state index in [1.54, 1.807) is 6.92 Å². The predicted molar refractivity (Wildman–Crippen MR) is 98.8 cm³/mol. The highest BCUT2D eigenvalue weighted by Crippen LogP contribution is 2.25. The number of aliphatic hydroxyl groups is 1. The van der Waals surface area contributed by atoms with Gasteiger partial charge in [0, 0.05) is 24.5 Å². The van der Waals surface area contributed by atoms with Crippen molar-refractivity contribution in [3.63, 3.8) is 0 Å². The Bertz CT molecular complexity index is 755. The minimum Gasteiger partial charge on any atom is -0.490 e. The van der Waals surface area contributed by atoms with Gasteiger partial charge in [0.15, 0.2) is 0 Å². The quantitative estimate of drug-likeness (QED) is 0.581. The molecule has 2 aromatic carbocycles. The maximum atomic E-state index is 9.55. The normalized spacial score (nSPS) is 10.8. The van der Waals surface area contributed by atoms with Gasteiger partial charge in [-0.15, -0.1) is 0 Å². The first-order chi connectivity index (χ1) is 12.6. The highest BCUT2D eigenvalue weighted by atomic mass is 16.5. The van der Waals surface area contributed by atoms with E-state index in [0.29, 0.717) is 18.8 Å². The topological polar surface area (TPSA) is 141 Å². The largest absolute Gasteiger partial charge is 0.490 e. The lowest BCUT2D eigenvalue weighted by molar-refractivity contribution is -0.134. The van der Waals surface area contributed by atoms with E-state index in [9.17, 15) is 9.59 Å². The van der Waals surface area contributed by atoms with Gasteiger partial charge < -0.3 is 25.2 Å². The molecular formula is C19H22O8. The number of fused-ring (bicyclic) bond motifs is 1. The first-order valence-corrected chi connectivity index (χ1v) is 7.75. The third-order valence-electron chi connectivity index (χ3n) is 2.60. The van der Waals surface area contributed by atoms with Gasteiger partial charge in [0.1, 0.15) is 12.4 Å². The van der Waals surface area contributed by atoms with E-state index in [4.69, 9.17) is 30.0 Å². The molecule has 1 unspecified atom stereocenters. The van der Waals surface area contributed by atoms with Crippen molar-refractivity contribution in [3.8, 4) is 5.75 Å². The minimum atomic E-state index is -1.26. The fourth-order valence-corrected chi connectivity index (χ4v) is 1.67. The third kappa shape index (κ3) is 12.6. The Morgan fingerprint density at radius 2 is 1.44 bits per heavy atom. The summed E-state index contributed by atoms with van der Waals surface area (Å²) in [5.74, 6) is -2.52. The smallest absolute Gasteiger partial charge is 0.328 e. The molecule has 8 heteroatoms. The van der Waals surface area contributed by atoms with Gasteiger partial charge in [0.25, 0.3) is 5.97 Å². The number of carboxylic acid groups (broad SMARTS) is 3. The molecule has 0 saturated carbocycles. The average molecular weight is 378 g/mol. The van der Waals surface area contributed by atoms with Crippen LogP contribution in [0.3, 0.4) is 0 Å². The molecule has 0 radical (unpaired) electrons. The van der Waals surface area contributed by atoms with Crippen LogP contribution in [0.25, 0.3) is 10.8 Å². The molecule has 0 spiro atoms. The summed E-state index contributed by atoms with van der Waals surface area (Å²) in [7, 11) is 0. The summed E-state index contributed by atoms with van der Waals surface area (Å²) in [6.07, 6.45) is 0.675. The number of hydrogen-bond acceptors (Lipinski definition) is 5. The SMILES string of the molecule is CC(=O)O.CC(O)COc1cccc2ccccc12.O=C(O)C=CC(=O)O. The van der Waals surface area contributed by atoms with Crippen LogP contribution >= 0.6 is 0 Å². The summed E-state index contributed by atoms with van der Waals surface area (Å²) < 4.78 is 5.53.